The van der Waals surface area contributed by atoms with Gasteiger partial charge in [0.1, 0.15) is 5.82 Å². The molecule has 0 amide bonds. The van der Waals surface area contributed by atoms with Crippen molar-refractivity contribution in [2.45, 2.75) is 19.3 Å². The molecule has 3 heteroatoms. The van der Waals surface area contributed by atoms with Crippen LogP contribution >= 0.6 is 0 Å². The highest BCUT2D eigenvalue weighted by molar-refractivity contribution is 6.01. The van der Waals surface area contributed by atoms with E-state index in [1.54, 1.807) is 0 Å². The molecule has 1 atom stereocenters. The Morgan fingerprint density at radius 1 is 0.400 bits per heavy atom. The number of fused-ring (bicyclic) bond motifs is 11. The minimum absolute atomic E-state index is 0.506. The highest BCUT2D eigenvalue weighted by atomic mass is 14.9. The Kier molecular flexibility index (Phi) is 6.90. The summed E-state index contributed by atoms with van der Waals surface area (Å²) in [6.45, 7) is 4.17. The van der Waals surface area contributed by atoms with Crippen LogP contribution in [0.3, 0.4) is 0 Å². The Hall–Kier alpha value is -6.97. The van der Waals surface area contributed by atoms with Gasteiger partial charge >= 0.3 is 0 Å². The van der Waals surface area contributed by atoms with Crippen LogP contribution in [0, 0.1) is 13.8 Å². The average molecular weight is 702 g/mol. The lowest BCUT2D eigenvalue weighted by Gasteiger charge is -2.31. The molecule has 9 aromatic rings. The number of nitrogens with zero attached hydrogens (tertiary/aromatic N) is 3. The van der Waals surface area contributed by atoms with E-state index in [4.69, 9.17) is 15.0 Å². The van der Waals surface area contributed by atoms with Crippen LogP contribution < -0.4 is 0 Å². The van der Waals surface area contributed by atoms with E-state index in [2.05, 4.69) is 177 Å². The number of hydrogen-bond donors (Lipinski definition) is 0. The van der Waals surface area contributed by atoms with Crippen molar-refractivity contribution in [1.29, 1.82) is 0 Å². The number of rotatable bonds is 4. The van der Waals surface area contributed by atoms with Gasteiger partial charge in [-0.25, -0.2) is 9.97 Å². The first-order valence-electron chi connectivity index (χ1n) is 18.9. The summed E-state index contributed by atoms with van der Waals surface area (Å²) in [6.07, 6.45) is 2.01. The fraction of sp³-hybridized carbons (Fsp3) is 0.0577. The first-order valence-corrected chi connectivity index (χ1v) is 18.9. The highest BCUT2D eigenvalue weighted by Crippen LogP contribution is 2.64. The van der Waals surface area contributed by atoms with Gasteiger partial charge in [-0.3, -0.25) is 4.98 Å². The summed E-state index contributed by atoms with van der Waals surface area (Å²) in [5.74, 6) is 0.753. The summed E-state index contributed by atoms with van der Waals surface area (Å²) in [6, 6.07) is 61.8. The molecule has 2 aromatic heterocycles. The first-order chi connectivity index (χ1) is 27.1. The summed E-state index contributed by atoms with van der Waals surface area (Å²) < 4.78 is 0. The molecule has 11 rings (SSSR count). The molecular weight excluding hydrogens is 667 g/mol. The smallest absolute Gasteiger partial charge is 0.126 e. The molecule has 0 saturated heterocycles. The van der Waals surface area contributed by atoms with Gasteiger partial charge in [-0.15, -0.1) is 0 Å². The molecule has 2 aliphatic rings. The van der Waals surface area contributed by atoms with Crippen molar-refractivity contribution in [3.8, 4) is 67.2 Å². The molecule has 258 valence electrons. The molecule has 55 heavy (non-hydrogen) atoms. The number of aryl methyl sites for hydroxylation is 2. The van der Waals surface area contributed by atoms with Crippen molar-refractivity contribution >= 4 is 10.8 Å². The zero-order valence-corrected chi connectivity index (χ0v) is 30.6. The number of hydrogen-bond acceptors (Lipinski definition) is 3. The summed E-state index contributed by atoms with van der Waals surface area (Å²) >= 11 is 0. The maximum absolute atomic E-state index is 5.14. The van der Waals surface area contributed by atoms with Gasteiger partial charge < -0.3 is 0 Å². The Labute approximate surface area is 320 Å². The lowest BCUT2D eigenvalue weighted by Crippen LogP contribution is -2.25. The van der Waals surface area contributed by atoms with Gasteiger partial charge in [0.05, 0.1) is 22.5 Å². The van der Waals surface area contributed by atoms with Crippen LogP contribution in [0.1, 0.15) is 33.6 Å². The van der Waals surface area contributed by atoms with E-state index in [0.29, 0.717) is 0 Å². The zero-order chi connectivity index (χ0) is 36.7. The van der Waals surface area contributed by atoms with Gasteiger partial charge in [-0.2, -0.15) is 0 Å². The van der Waals surface area contributed by atoms with E-state index in [1.807, 2.05) is 13.1 Å². The van der Waals surface area contributed by atoms with Crippen LogP contribution in [0.4, 0.5) is 0 Å². The zero-order valence-electron chi connectivity index (χ0n) is 30.6. The van der Waals surface area contributed by atoms with Crippen LogP contribution in [-0.2, 0) is 5.41 Å². The van der Waals surface area contributed by atoms with Crippen LogP contribution in [0.25, 0.3) is 77.9 Å². The molecule has 1 spiro atoms. The molecule has 7 aromatic carbocycles. The molecule has 0 saturated carbocycles. The van der Waals surface area contributed by atoms with Crippen molar-refractivity contribution in [2.75, 3.05) is 0 Å². The standard InChI is InChI=1S/C52H35N3/c1-32-31-53-48(35-15-4-3-5-16-35)29-43(32)36-26-27-39-38-19-8-10-23-44(38)52(47(39)28-36)45-24-11-9-20-41(45)51-42(22-13-25-46(51)52)50-30-49(54-33(2)55-50)40-21-12-17-34-14-6-7-18-37(34)40/h3-31H,1-2H3. The second-order valence-electron chi connectivity index (χ2n) is 14.8. The van der Waals surface area contributed by atoms with Crippen molar-refractivity contribution in [3.05, 3.63) is 210 Å². The quantitative estimate of drug-likeness (QED) is 0.183. The second-order valence-corrected chi connectivity index (χ2v) is 14.8. The molecule has 0 N–H and O–H groups in total. The first kappa shape index (κ1) is 31.5. The highest BCUT2D eigenvalue weighted by Gasteiger charge is 2.52. The van der Waals surface area contributed by atoms with Crippen molar-refractivity contribution in [3.63, 3.8) is 0 Å². The van der Waals surface area contributed by atoms with Crippen molar-refractivity contribution < 1.29 is 0 Å². The summed E-state index contributed by atoms with van der Waals surface area (Å²) in [7, 11) is 0. The maximum atomic E-state index is 5.14. The molecule has 0 aliphatic heterocycles. The lowest BCUT2D eigenvalue weighted by molar-refractivity contribution is 0.794. The van der Waals surface area contributed by atoms with E-state index < -0.39 is 5.41 Å². The van der Waals surface area contributed by atoms with Gasteiger partial charge in [0.15, 0.2) is 0 Å². The molecular formula is C52H35N3. The van der Waals surface area contributed by atoms with Gasteiger partial charge in [-0.05, 0) is 104 Å². The van der Waals surface area contributed by atoms with E-state index in [1.165, 1.54) is 66.4 Å². The van der Waals surface area contributed by atoms with E-state index in [-0.39, 0.29) is 0 Å². The second kappa shape index (κ2) is 12.0. The molecule has 3 nitrogen and oxygen atoms in total. The van der Waals surface area contributed by atoms with Gasteiger partial charge in [0.25, 0.3) is 0 Å². The predicted octanol–water partition coefficient (Wildman–Crippen LogP) is 12.7. The molecule has 0 fully saturated rings. The van der Waals surface area contributed by atoms with Gasteiger partial charge in [0, 0.05) is 22.9 Å². The third-order valence-electron chi connectivity index (χ3n) is 11.8. The summed E-state index contributed by atoms with van der Waals surface area (Å²) in [5, 5.41) is 2.39. The number of benzene rings is 7. The van der Waals surface area contributed by atoms with Crippen LogP contribution in [-0.4, -0.2) is 15.0 Å². The third-order valence-corrected chi connectivity index (χ3v) is 11.8. The predicted molar refractivity (Wildman–Crippen MR) is 225 cm³/mol. The van der Waals surface area contributed by atoms with Crippen LogP contribution in [0.15, 0.2) is 176 Å². The lowest BCUT2D eigenvalue weighted by atomic mass is 9.70. The molecule has 1 unspecified atom stereocenters. The fourth-order valence-corrected chi connectivity index (χ4v) is 9.46. The maximum Gasteiger partial charge on any atom is 0.126 e. The topological polar surface area (TPSA) is 38.7 Å². The van der Waals surface area contributed by atoms with Crippen molar-refractivity contribution in [2.24, 2.45) is 0 Å². The van der Waals surface area contributed by atoms with Gasteiger partial charge in [0.2, 0.25) is 0 Å². The minimum atomic E-state index is -0.506. The Bertz CT molecular complexity index is 3010. The number of pyridine rings is 1. The SMILES string of the molecule is Cc1nc(-c2cccc3c2-c2ccccc2C32c3ccccc3-c3ccc(-c4cc(-c5ccccc5)ncc4C)cc32)cc(-c2cccc3ccccc23)n1. The van der Waals surface area contributed by atoms with Crippen LogP contribution in [0.2, 0.25) is 0 Å². The Morgan fingerprint density at radius 3 is 1.87 bits per heavy atom. The normalized spacial score (nSPS) is 14.8. The van der Waals surface area contributed by atoms with Gasteiger partial charge in [-0.1, -0.05) is 152 Å². The third kappa shape index (κ3) is 4.60. The Balaban J connectivity index is 1.16. The van der Waals surface area contributed by atoms with E-state index in [0.717, 1.165) is 45.2 Å². The molecule has 0 bridgehead atoms. The monoisotopic (exact) mass is 701 g/mol. The minimum Gasteiger partial charge on any atom is -0.256 e. The number of aromatic nitrogens is 3. The van der Waals surface area contributed by atoms with Crippen molar-refractivity contribution in [1.82, 2.24) is 15.0 Å². The fourth-order valence-electron chi connectivity index (χ4n) is 9.46. The largest absolute Gasteiger partial charge is 0.256 e. The summed E-state index contributed by atoms with van der Waals surface area (Å²) in [5.41, 5.74) is 19.5. The average Bonchev–Trinajstić information content (AvgIpc) is 3.71. The molecule has 0 radical (unpaired) electrons. The summed E-state index contributed by atoms with van der Waals surface area (Å²) in [4.78, 5) is 15.0. The van der Waals surface area contributed by atoms with E-state index in [9.17, 15) is 0 Å². The van der Waals surface area contributed by atoms with Crippen LogP contribution in [0.5, 0.6) is 0 Å². The van der Waals surface area contributed by atoms with E-state index >= 15 is 0 Å². The molecule has 2 aliphatic carbocycles. The molecule has 2 heterocycles. The Morgan fingerprint density at radius 2 is 1.02 bits per heavy atom.